The summed E-state index contributed by atoms with van der Waals surface area (Å²) in [5, 5.41) is 3.71. The second-order valence-electron chi connectivity index (χ2n) is 4.70. The van der Waals surface area contributed by atoms with Crippen molar-refractivity contribution in [2.45, 2.75) is 20.8 Å². The first-order valence-electron chi connectivity index (χ1n) is 6.36. The predicted octanol–water partition coefficient (Wildman–Crippen LogP) is 3.48. The van der Waals surface area contributed by atoms with Crippen LogP contribution in [0.25, 0.3) is 0 Å². The lowest BCUT2D eigenvalue weighted by Crippen LogP contribution is -2.36. The first-order valence-corrected chi connectivity index (χ1v) is 6.74. The van der Waals surface area contributed by atoms with Crippen LogP contribution >= 0.6 is 11.6 Å². The standard InChI is InChI=1S/C15H21ClN2O/c1-5-18(10-11(2)3)15(19)9-17-14-7-6-12(4)8-13(14)16/h6-8,17H,2,5,9-10H2,1,3-4H3. The Hall–Kier alpha value is -1.48. The van der Waals surface area contributed by atoms with E-state index in [1.165, 1.54) is 0 Å². The van der Waals surface area contributed by atoms with E-state index in [1.54, 1.807) is 4.90 Å². The van der Waals surface area contributed by atoms with Crippen LogP contribution in [0.3, 0.4) is 0 Å². The molecule has 19 heavy (non-hydrogen) atoms. The molecule has 3 nitrogen and oxygen atoms in total. The van der Waals surface area contributed by atoms with Crippen LogP contribution in [0.4, 0.5) is 5.69 Å². The molecule has 0 saturated heterocycles. The Kier molecular flexibility index (Phi) is 5.90. The second-order valence-corrected chi connectivity index (χ2v) is 5.11. The number of carbonyl (C=O) groups is 1. The van der Waals surface area contributed by atoms with E-state index >= 15 is 0 Å². The molecule has 0 aliphatic heterocycles. The zero-order chi connectivity index (χ0) is 14.4. The molecule has 0 unspecified atom stereocenters. The van der Waals surface area contributed by atoms with E-state index in [-0.39, 0.29) is 12.5 Å². The molecule has 0 atom stereocenters. The van der Waals surface area contributed by atoms with Gasteiger partial charge in [-0.3, -0.25) is 4.79 Å². The largest absolute Gasteiger partial charge is 0.375 e. The molecule has 4 heteroatoms. The lowest BCUT2D eigenvalue weighted by Gasteiger charge is -2.21. The third-order valence-electron chi connectivity index (χ3n) is 2.75. The third-order valence-corrected chi connectivity index (χ3v) is 3.06. The number of rotatable bonds is 6. The number of benzene rings is 1. The molecule has 1 rings (SSSR count). The first-order chi connectivity index (χ1) is 8.93. The number of anilines is 1. The highest BCUT2D eigenvalue weighted by atomic mass is 35.5. The van der Waals surface area contributed by atoms with E-state index in [9.17, 15) is 4.79 Å². The number of aryl methyl sites for hydroxylation is 1. The number of amides is 1. The Morgan fingerprint density at radius 3 is 2.68 bits per heavy atom. The van der Waals surface area contributed by atoms with Gasteiger partial charge >= 0.3 is 0 Å². The van der Waals surface area contributed by atoms with E-state index in [0.29, 0.717) is 18.1 Å². The van der Waals surface area contributed by atoms with Crippen LogP contribution in [0.2, 0.25) is 5.02 Å². The van der Waals surface area contributed by atoms with Gasteiger partial charge in [0, 0.05) is 13.1 Å². The molecule has 0 radical (unpaired) electrons. The molecule has 0 bridgehead atoms. The maximum Gasteiger partial charge on any atom is 0.242 e. The van der Waals surface area contributed by atoms with E-state index in [4.69, 9.17) is 11.6 Å². The van der Waals surface area contributed by atoms with Gasteiger partial charge in [0.25, 0.3) is 0 Å². The molecule has 0 heterocycles. The van der Waals surface area contributed by atoms with Crippen molar-refractivity contribution in [1.29, 1.82) is 0 Å². The fraction of sp³-hybridized carbons (Fsp3) is 0.400. The molecule has 0 saturated carbocycles. The lowest BCUT2D eigenvalue weighted by atomic mass is 10.2. The van der Waals surface area contributed by atoms with Crippen molar-refractivity contribution >= 4 is 23.2 Å². The van der Waals surface area contributed by atoms with Crippen molar-refractivity contribution in [3.63, 3.8) is 0 Å². The molecular weight excluding hydrogens is 260 g/mol. The number of nitrogens with zero attached hydrogens (tertiary/aromatic N) is 1. The van der Waals surface area contributed by atoms with Crippen LogP contribution in [0, 0.1) is 6.92 Å². The van der Waals surface area contributed by atoms with Gasteiger partial charge in [0.15, 0.2) is 0 Å². The molecule has 104 valence electrons. The molecule has 0 aliphatic rings. The number of halogens is 1. The van der Waals surface area contributed by atoms with Crippen LogP contribution in [0.5, 0.6) is 0 Å². The summed E-state index contributed by atoms with van der Waals surface area (Å²) in [5.41, 5.74) is 2.86. The monoisotopic (exact) mass is 280 g/mol. The Balaban J connectivity index is 2.60. The fourth-order valence-corrected chi connectivity index (χ4v) is 2.05. The van der Waals surface area contributed by atoms with Gasteiger partial charge in [-0.1, -0.05) is 29.8 Å². The number of carbonyl (C=O) groups excluding carboxylic acids is 1. The number of hydrogen-bond acceptors (Lipinski definition) is 2. The molecule has 0 fully saturated rings. The lowest BCUT2D eigenvalue weighted by molar-refractivity contribution is -0.128. The topological polar surface area (TPSA) is 32.3 Å². The Labute approximate surface area is 120 Å². The molecular formula is C15H21ClN2O. The third kappa shape index (κ3) is 4.95. The maximum atomic E-state index is 12.0. The summed E-state index contributed by atoms with van der Waals surface area (Å²) in [6.45, 7) is 11.2. The van der Waals surface area contributed by atoms with Crippen LogP contribution in [0.15, 0.2) is 30.4 Å². The number of nitrogens with one attached hydrogen (secondary N) is 1. The van der Waals surface area contributed by atoms with Crippen molar-refractivity contribution in [2.75, 3.05) is 25.0 Å². The predicted molar refractivity (Wildman–Crippen MR) is 81.7 cm³/mol. The average molecular weight is 281 g/mol. The number of hydrogen-bond donors (Lipinski definition) is 1. The molecule has 1 aromatic rings. The Morgan fingerprint density at radius 1 is 1.47 bits per heavy atom. The zero-order valence-electron chi connectivity index (χ0n) is 11.8. The SMILES string of the molecule is C=C(C)CN(CC)C(=O)CNc1ccc(C)cc1Cl. The van der Waals surface area contributed by atoms with Crippen molar-refractivity contribution in [3.8, 4) is 0 Å². The minimum absolute atomic E-state index is 0.0436. The summed E-state index contributed by atoms with van der Waals surface area (Å²) < 4.78 is 0. The van der Waals surface area contributed by atoms with E-state index in [1.807, 2.05) is 39.0 Å². The van der Waals surface area contributed by atoms with Crippen molar-refractivity contribution in [2.24, 2.45) is 0 Å². The molecule has 1 amide bonds. The van der Waals surface area contributed by atoms with Crippen LogP contribution in [0.1, 0.15) is 19.4 Å². The highest BCUT2D eigenvalue weighted by Gasteiger charge is 2.11. The van der Waals surface area contributed by atoms with Gasteiger partial charge in [-0.2, -0.15) is 0 Å². The van der Waals surface area contributed by atoms with E-state index in [0.717, 1.165) is 16.8 Å². The second kappa shape index (κ2) is 7.19. The van der Waals surface area contributed by atoms with Crippen molar-refractivity contribution in [3.05, 3.63) is 40.9 Å². The summed E-state index contributed by atoms with van der Waals surface area (Å²) in [6, 6.07) is 5.73. The Morgan fingerprint density at radius 2 is 2.16 bits per heavy atom. The first kappa shape index (κ1) is 15.6. The fourth-order valence-electron chi connectivity index (χ4n) is 1.75. The highest BCUT2D eigenvalue weighted by molar-refractivity contribution is 6.33. The molecule has 1 aromatic carbocycles. The smallest absolute Gasteiger partial charge is 0.242 e. The van der Waals surface area contributed by atoms with Crippen molar-refractivity contribution < 1.29 is 4.79 Å². The highest BCUT2D eigenvalue weighted by Crippen LogP contribution is 2.22. The number of likely N-dealkylation sites (N-methyl/N-ethyl adjacent to an activating group) is 1. The van der Waals surface area contributed by atoms with Crippen LogP contribution in [-0.2, 0) is 4.79 Å². The Bertz CT molecular complexity index is 471. The van der Waals surface area contributed by atoms with Gasteiger partial charge in [0.2, 0.25) is 5.91 Å². The molecule has 0 spiro atoms. The van der Waals surface area contributed by atoms with Gasteiger partial charge in [0.05, 0.1) is 17.3 Å². The summed E-state index contributed by atoms with van der Waals surface area (Å²) in [7, 11) is 0. The summed E-state index contributed by atoms with van der Waals surface area (Å²) in [4.78, 5) is 13.8. The maximum absolute atomic E-state index is 12.0. The van der Waals surface area contributed by atoms with Gasteiger partial charge in [-0.25, -0.2) is 0 Å². The zero-order valence-corrected chi connectivity index (χ0v) is 12.5. The van der Waals surface area contributed by atoms with E-state index < -0.39 is 0 Å². The van der Waals surface area contributed by atoms with Gasteiger partial charge in [-0.15, -0.1) is 0 Å². The minimum Gasteiger partial charge on any atom is -0.375 e. The average Bonchev–Trinajstić information content (AvgIpc) is 2.34. The summed E-state index contributed by atoms with van der Waals surface area (Å²) in [6.07, 6.45) is 0. The minimum atomic E-state index is 0.0436. The summed E-state index contributed by atoms with van der Waals surface area (Å²) in [5.74, 6) is 0.0436. The van der Waals surface area contributed by atoms with Gasteiger partial charge in [0.1, 0.15) is 0 Å². The van der Waals surface area contributed by atoms with Gasteiger partial charge < -0.3 is 10.2 Å². The molecule has 0 aromatic heterocycles. The van der Waals surface area contributed by atoms with Crippen LogP contribution in [-0.4, -0.2) is 30.4 Å². The normalized spacial score (nSPS) is 10.1. The summed E-state index contributed by atoms with van der Waals surface area (Å²) >= 11 is 6.11. The quantitative estimate of drug-likeness (QED) is 0.809. The van der Waals surface area contributed by atoms with Crippen molar-refractivity contribution in [1.82, 2.24) is 4.90 Å². The van der Waals surface area contributed by atoms with Crippen LogP contribution < -0.4 is 5.32 Å². The van der Waals surface area contributed by atoms with Gasteiger partial charge in [-0.05, 0) is 38.5 Å². The molecule has 1 N–H and O–H groups in total. The van der Waals surface area contributed by atoms with E-state index in [2.05, 4.69) is 11.9 Å². The molecule has 0 aliphatic carbocycles.